The SMILES string of the molecule is O=C(O)C[C@H]1C[C@H](NC(=O)OCC2c3ccccc3-c3ccccc32)C1. The number of alkyl carbamates (subject to hydrolysis) is 1. The largest absolute Gasteiger partial charge is 0.481 e. The van der Waals surface area contributed by atoms with Gasteiger partial charge in [0.1, 0.15) is 6.61 Å². The van der Waals surface area contributed by atoms with E-state index in [0.717, 1.165) is 0 Å². The summed E-state index contributed by atoms with van der Waals surface area (Å²) in [4.78, 5) is 22.8. The number of amides is 1. The van der Waals surface area contributed by atoms with Gasteiger partial charge >= 0.3 is 12.1 Å². The molecule has 2 aromatic rings. The molecule has 0 unspecified atom stereocenters. The third-order valence-corrected chi connectivity index (χ3v) is 5.36. The van der Waals surface area contributed by atoms with E-state index in [1.807, 2.05) is 24.3 Å². The van der Waals surface area contributed by atoms with Crippen LogP contribution in [0, 0.1) is 5.92 Å². The van der Waals surface area contributed by atoms with Crippen molar-refractivity contribution in [3.8, 4) is 11.1 Å². The van der Waals surface area contributed by atoms with Gasteiger partial charge < -0.3 is 15.2 Å². The van der Waals surface area contributed by atoms with E-state index in [-0.39, 0.29) is 24.3 Å². The highest BCUT2D eigenvalue weighted by Gasteiger charge is 2.33. The first-order valence-corrected chi connectivity index (χ1v) is 8.95. The molecule has 5 heteroatoms. The molecule has 0 atom stereocenters. The topological polar surface area (TPSA) is 75.6 Å². The number of fused-ring (bicyclic) bond motifs is 3. The molecule has 0 aliphatic heterocycles. The summed E-state index contributed by atoms with van der Waals surface area (Å²) in [5, 5.41) is 11.6. The van der Waals surface area contributed by atoms with Gasteiger partial charge in [0, 0.05) is 18.4 Å². The first-order chi connectivity index (χ1) is 12.6. The Morgan fingerprint density at radius 1 is 1.00 bits per heavy atom. The zero-order chi connectivity index (χ0) is 18.1. The molecule has 1 saturated carbocycles. The average Bonchev–Trinajstić information content (AvgIpc) is 2.92. The summed E-state index contributed by atoms with van der Waals surface area (Å²) in [6.07, 6.45) is 1.15. The van der Waals surface area contributed by atoms with E-state index in [0.29, 0.717) is 19.4 Å². The Morgan fingerprint density at radius 3 is 2.15 bits per heavy atom. The normalized spacial score (nSPS) is 20.6. The molecule has 134 valence electrons. The summed E-state index contributed by atoms with van der Waals surface area (Å²) < 4.78 is 5.50. The number of carbonyl (C=O) groups excluding carboxylic acids is 1. The number of hydrogen-bond acceptors (Lipinski definition) is 3. The van der Waals surface area contributed by atoms with E-state index in [1.54, 1.807) is 0 Å². The molecule has 5 nitrogen and oxygen atoms in total. The molecular formula is C21H21NO4. The van der Waals surface area contributed by atoms with Crippen molar-refractivity contribution in [2.24, 2.45) is 5.92 Å². The van der Waals surface area contributed by atoms with Crippen LogP contribution in [0.5, 0.6) is 0 Å². The van der Waals surface area contributed by atoms with Crippen LogP contribution in [0.2, 0.25) is 0 Å². The minimum atomic E-state index is -0.783. The van der Waals surface area contributed by atoms with E-state index < -0.39 is 12.1 Å². The molecule has 2 aromatic carbocycles. The monoisotopic (exact) mass is 351 g/mol. The number of rotatable bonds is 5. The van der Waals surface area contributed by atoms with E-state index in [1.165, 1.54) is 22.3 Å². The highest BCUT2D eigenvalue weighted by Crippen LogP contribution is 2.44. The summed E-state index contributed by atoms with van der Waals surface area (Å²) in [5.74, 6) is -0.574. The Hall–Kier alpha value is -2.82. The van der Waals surface area contributed by atoms with E-state index in [2.05, 4.69) is 29.6 Å². The Kier molecular flexibility index (Phi) is 4.37. The first kappa shape index (κ1) is 16.6. The molecular weight excluding hydrogens is 330 g/mol. The van der Waals surface area contributed by atoms with Crippen LogP contribution < -0.4 is 5.32 Å². The highest BCUT2D eigenvalue weighted by molar-refractivity contribution is 5.79. The van der Waals surface area contributed by atoms with Gasteiger partial charge in [-0.2, -0.15) is 0 Å². The predicted octanol–water partition coefficient (Wildman–Crippen LogP) is 3.78. The van der Waals surface area contributed by atoms with Gasteiger partial charge in [-0.3, -0.25) is 4.79 Å². The Morgan fingerprint density at radius 2 is 1.58 bits per heavy atom. The van der Waals surface area contributed by atoms with Gasteiger partial charge in [0.05, 0.1) is 0 Å². The highest BCUT2D eigenvalue weighted by atomic mass is 16.5. The Balaban J connectivity index is 1.35. The van der Waals surface area contributed by atoms with Crippen LogP contribution in [0.4, 0.5) is 4.79 Å². The van der Waals surface area contributed by atoms with E-state index >= 15 is 0 Å². The number of carbonyl (C=O) groups is 2. The number of carboxylic acid groups (broad SMARTS) is 1. The van der Waals surface area contributed by atoms with Gasteiger partial charge in [-0.1, -0.05) is 48.5 Å². The molecule has 0 radical (unpaired) electrons. The maximum atomic E-state index is 12.1. The smallest absolute Gasteiger partial charge is 0.407 e. The Bertz CT molecular complexity index is 796. The van der Waals surface area contributed by atoms with Crippen LogP contribution in [-0.4, -0.2) is 29.8 Å². The zero-order valence-corrected chi connectivity index (χ0v) is 14.4. The van der Waals surface area contributed by atoms with Crippen molar-refractivity contribution in [3.63, 3.8) is 0 Å². The van der Waals surface area contributed by atoms with E-state index in [9.17, 15) is 9.59 Å². The third-order valence-electron chi connectivity index (χ3n) is 5.36. The quantitative estimate of drug-likeness (QED) is 0.860. The molecule has 0 bridgehead atoms. The molecule has 1 fully saturated rings. The van der Waals surface area contributed by atoms with Crippen LogP contribution in [0.1, 0.15) is 36.3 Å². The van der Waals surface area contributed by atoms with Gasteiger partial charge in [-0.25, -0.2) is 4.79 Å². The zero-order valence-electron chi connectivity index (χ0n) is 14.4. The summed E-state index contributed by atoms with van der Waals surface area (Å²) >= 11 is 0. The molecule has 0 saturated heterocycles. The number of carboxylic acids is 1. The van der Waals surface area contributed by atoms with Crippen LogP contribution in [0.15, 0.2) is 48.5 Å². The second-order valence-corrected chi connectivity index (χ2v) is 7.10. The molecule has 4 rings (SSSR count). The van der Waals surface area contributed by atoms with Crippen molar-refractivity contribution in [2.45, 2.75) is 31.2 Å². The number of hydrogen-bond donors (Lipinski definition) is 2. The lowest BCUT2D eigenvalue weighted by Gasteiger charge is -2.34. The molecule has 1 amide bonds. The van der Waals surface area contributed by atoms with Crippen molar-refractivity contribution >= 4 is 12.1 Å². The summed E-state index contributed by atoms with van der Waals surface area (Å²) in [5.41, 5.74) is 4.78. The van der Waals surface area contributed by atoms with Crippen molar-refractivity contribution in [1.82, 2.24) is 5.32 Å². The Labute approximate surface area is 152 Å². The van der Waals surface area contributed by atoms with Crippen molar-refractivity contribution in [3.05, 3.63) is 59.7 Å². The summed E-state index contributed by atoms with van der Waals surface area (Å²) in [7, 11) is 0. The molecule has 2 aliphatic carbocycles. The van der Waals surface area contributed by atoms with Crippen LogP contribution in [-0.2, 0) is 9.53 Å². The fourth-order valence-electron chi connectivity index (χ4n) is 4.07. The van der Waals surface area contributed by atoms with Gasteiger partial charge in [0.25, 0.3) is 0 Å². The maximum Gasteiger partial charge on any atom is 0.407 e. The van der Waals surface area contributed by atoms with Crippen molar-refractivity contribution in [1.29, 1.82) is 0 Å². The average molecular weight is 351 g/mol. The lowest BCUT2D eigenvalue weighted by atomic mass is 9.78. The van der Waals surface area contributed by atoms with Gasteiger partial charge in [0.15, 0.2) is 0 Å². The van der Waals surface area contributed by atoms with Crippen molar-refractivity contribution < 1.29 is 19.4 Å². The molecule has 2 aliphatic rings. The summed E-state index contributed by atoms with van der Waals surface area (Å²) in [6.45, 7) is 0.297. The lowest BCUT2D eigenvalue weighted by Crippen LogP contribution is -2.45. The van der Waals surface area contributed by atoms with Crippen LogP contribution in [0.25, 0.3) is 11.1 Å². The number of benzene rings is 2. The third kappa shape index (κ3) is 3.17. The van der Waals surface area contributed by atoms with Gasteiger partial charge in [0.2, 0.25) is 0 Å². The molecule has 0 heterocycles. The number of nitrogens with one attached hydrogen (secondary N) is 1. The van der Waals surface area contributed by atoms with Crippen LogP contribution >= 0.6 is 0 Å². The van der Waals surface area contributed by atoms with Crippen molar-refractivity contribution in [2.75, 3.05) is 6.61 Å². The lowest BCUT2D eigenvalue weighted by molar-refractivity contribution is -0.138. The molecule has 0 aromatic heterocycles. The number of ether oxygens (including phenoxy) is 1. The van der Waals surface area contributed by atoms with E-state index in [4.69, 9.17) is 9.84 Å². The van der Waals surface area contributed by atoms with Gasteiger partial charge in [-0.15, -0.1) is 0 Å². The molecule has 26 heavy (non-hydrogen) atoms. The predicted molar refractivity (Wildman–Crippen MR) is 97.0 cm³/mol. The minimum absolute atomic E-state index is 0.0231. The van der Waals surface area contributed by atoms with Crippen LogP contribution in [0.3, 0.4) is 0 Å². The standard InChI is InChI=1S/C21H21NO4/c23-20(24)11-13-9-14(10-13)22-21(25)26-12-19-17-7-3-1-5-15(17)16-6-2-4-8-18(16)19/h1-8,13-14,19H,9-12H2,(H,22,25)(H,23,24)/t13-,14-. The second kappa shape index (κ2) is 6.83. The molecule has 0 spiro atoms. The molecule has 2 N–H and O–H groups in total. The fraction of sp³-hybridized carbons (Fsp3) is 0.333. The van der Waals surface area contributed by atoms with Gasteiger partial charge in [-0.05, 0) is 41.0 Å². The summed E-state index contributed by atoms with van der Waals surface area (Å²) in [6, 6.07) is 16.5. The maximum absolute atomic E-state index is 12.1. The fourth-order valence-corrected chi connectivity index (χ4v) is 4.07. The number of aliphatic carboxylic acids is 1. The minimum Gasteiger partial charge on any atom is -0.481 e. The second-order valence-electron chi connectivity index (χ2n) is 7.10. The first-order valence-electron chi connectivity index (χ1n) is 8.95.